The second kappa shape index (κ2) is 7.43. The van der Waals surface area contributed by atoms with Gasteiger partial charge in [0, 0.05) is 26.2 Å². The fourth-order valence-corrected chi connectivity index (χ4v) is 3.40. The molecule has 0 spiro atoms. The molecular weight excluding hydrogens is 292 g/mol. The summed E-state index contributed by atoms with van der Waals surface area (Å²) in [7, 11) is 0. The number of hydrogen-bond acceptors (Lipinski definition) is 4. The fraction of sp³-hybridized carbons (Fsp3) is 0.611. The number of carbonyl (C=O) groups excluding carboxylic acids is 1. The van der Waals surface area contributed by atoms with Crippen LogP contribution in [0.2, 0.25) is 0 Å². The van der Waals surface area contributed by atoms with Crippen molar-refractivity contribution in [2.45, 2.75) is 51.0 Å². The van der Waals surface area contributed by atoms with E-state index in [1.807, 2.05) is 6.92 Å². The first-order valence-corrected chi connectivity index (χ1v) is 8.52. The smallest absolute Gasteiger partial charge is 0.249 e. The highest BCUT2D eigenvalue weighted by Crippen LogP contribution is 2.19. The summed E-state index contributed by atoms with van der Waals surface area (Å²) in [6, 6.07) is 8.45. The number of amides is 1. The lowest BCUT2D eigenvalue weighted by molar-refractivity contribution is -0.132. The van der Waals surface area contributed by atoms with Gasteiger partial charge < -0.3 is 15.2 Å². The Bertz CT molecular complexity index is 549. The van der Waals surface area contributed by atoms with Gasteiger partial charge in [-0.1, -0.05) is 24.3 Å². The topological polar surface area (TPSA) is 61.8 Å². The minimum absolute atomic E-state index is 0.0996. The van der Waals surface area contributed by atoms with Gasteiger partial charge in [0.2, 0.25) is 5.91 Å². The van der Waals surface area contributed by atoms with Gasteiger partial charge in [-0.3, -0.25) is 9.69 Å². The lowest BCUT2D eigenvalue weighted by atomic mass is 10.00. The molecule has 3 rings (SSSR count). The van der Waals surface area contributed by atoms with Crippen molar-refractivity contribution in [2.75, 3.05) is 19.6 Å². The van der Waals surface area contributed by atoms with E-state index < -0.39 is 6.10 Å². The lowest BCUT2D eigenvalue weighted by Gasteiger charge is -2.30. The molecule has 2 heterocycles. The van der Waals surface area contributed by atoms with Gasteiger partial charge in [-0.05, 0) is 37.3 Å². The van der Waals surface area contributed by atoms with Crippen molar-refractivity contribution < 1.29 is 14.6 Å². The average Bonchev–Trinajstić information content (AvgIpc) is 2.99. The van der Waals surface area contributed by atoms with Gasteiger partial charge in [-0.2, -0.15) is 0 Å². The van der Waals surface area contributed by atoms with E-state index in [1.54, 1.807) is 0 Å². The van der Waals surface area contributed by atoms with Crippen molar-refractivity contribution in [3.05, 3.63) is 35.4 Å². The third kappa shape index (κ3) is 4.31. The maximum Gasteiger partial charge on any atom is 0.249 e. The normalized spacial score (nSPS) is 25.8. The minimum atomic E-state index is -0.553. The number of β-amino-alcohol motifs (C(OH)–C–C–N with tert-alkyl or cyclic N) is 1. The number of nitrogens with one attached hydrogen (secondary N) is 1. The molecule has 5 heteroatoms. The summed E-state index contributed by atoms with van der Waals surface area (Å²) in [6.45, 7) is 4.66. The summed E-state index contributed by atoms with van der Waals surface area (Å²) in [5.74, 6) is -0.0996. The number of rotatable bonds is 5. The first kappa shape index (κ1) is 16.4. The lowest BCUT2D eigenvalue weighted by Crippen LogP contribution is -2.44. The van der Waals surface area contributed by atoms with Crippen LogP contribution in [0.3, 0.4) is 0 Å². The molecule has 1 fully saturated rings. The van der Waals surface area contributed by atoms with Gasteiger partial charge in [-0.15, -0.1) is 0 Å². The molecule has 1 amide bonds. The van der Waals surface area contributed by atoms with Gasteiger partial charge in [0.1, 0.15) is 6.10 Å². The third-order valence-corrected chi connectivity index (χ3v) is 4.71. The molecule has 2 N–H and O–H groups in total. The van der Waals surface area contributed by atoms with Gasteiger partial charge in [0.05, 0.1) is 12.2 Å². The zero-order valence-electron chi connectivity index (χ0n) is 13.7. The van der Waals surface area contributed by atoms with Gasteiger partial charge in [0.15, 0.2) is 0 Å². The number of hydrogen-bond donors (Lipinski definition) is 2. The van der Waals surface area contributed by atoms with Crippen LogP contribution in [0.1, 0.15) is 30.9 Å². The van der Waals surface area contributed by atoms with Crippen LogP contribution in [-0.2, 0) is 22.5 Å². The highest BCUT2D eigenvalue weighted by Gasteiger charge is 2.28. The average molecular weight is 318 g/mol. The van der Waals surface area contributed by atoms with E-state index in [4.69, 9.17) is 4.74 Å². The molecule has 0 saturated carbocycles. The Morgan fingerprint density at radius 2 is 2.17 bits per heavy atom. The van der Waals surface area contributed by atoms with Crippen LogP contribution < -0.4 is 5.32 Å². The van der Waals surface area contributed by atoms with Crippen LogP contribution in [0.5, 0.6) is 0 Å². The Balaban J connectivity index is 1.41. The summed E-state index contributed by atoms with van der Waals surface area (Å²) >= 11 is 0. The van der Waals surface area contributed by atoms with E-state index in [1.165, 1.54) is 11.1 Å². The van der Waals surface area contributed by atoms with E-state index in [2.05, 4.69) is 34.5 Å². The Hall–Kier alpha value is -1.43. The van der Waals surface area contributed by atoms with Crippen molar-refractivity contribution in [2.24, 2.45) is 0 Å². The SMILES string of the molecule is CC1CCC(C(=O)NCC(O)CN2CCc3ccccc3C2)O1. The zero-order chi connectivity index (χ0) is 16.2. The van der Waals surface area contributed by atoms with Gasteiger partial charge in [0.25, 0.3) is 0 Å². The van der Waals surface area contributed by atoms with E-state index in [0.717, 1.165) is 32.4 Å². The van der Waals surface area contributed by atoms with Crippen LogP contribution in [0.15, 0.2) is 24.3 Å². The number of nitrogens with zero attached hydrogens (tertiary/aromatic N) is 1. The number of aliphatic hydroxyl groups excluding tert-OH is 1. The Morgan fingerprint density at radius 1 is 1.39 bits per heavy atom. The highest BCUT2D eigenvalue weighted by atomic mass is 16.5. The van der Waals surface area contributed by atoms with E-state index in [0.29, 0.717) is 6.54 Å². The molecule has 3 atom stereocenters. The molecule has 3 unspecified atom stereocenters. The van der Waals surface area contributed by atoms with Crippen molar-refractivity contribution in [3.8, 4) is 0 Å². The van der Waals surface area contributed by atoms with Crippen LogP contribution in [0, 0.1) is 0 Å². The standard InChI is InChI=1S/C18H26N2O3/c1-13-6-7-17(23-13)18(22)19-10-16(21)12-20-9-8-14-4-2-3-5-15(14)11-20/h2-5,13,16-17,21H,6-12H2,1H3,(H,19,22). The number of fused-ring (bicyclic) bond motifs is 1. The van der Waals surface area contributed by atoms with Crippen molar-refractivity contribution >= 4 is 5.91 Å². The molecule has 126 valence electrons. The quantitative estimate of drug-likeness (QED) is 0.853. The zero-order valence-corrected chi connectivity index (χ0v) is 13.7. The second-order valence-corrected chi connectivity index (χ2v) is 6.67. The molecule has 23 heavy (non-hydrogen) atoms. The summed E-state index contributed by atoms with van der Waals surface area (Å²) in [5.41, 5.74) is 2.74. The summed E-state index contributed by atoms with van der Waals surface area (Å²) in [6.07, 6.45) is 1.97. The molecule has 1 saturated heterocycles. The molecule has 5 nitrogen and oxygen atoms in total. The molecule has 1 aromatic rings. The monoisotopic (exact) mass is 318 g/mol. The highest BCUT2D eigenvalue weighted by molar-refractivity contribution is 5.81. The second-order valence-electron chi connectivity index (χ2n) is 6.67. The molecule has 1 aromatic carbocycles. The van der Waals surface area contributed by atoms with Crippen molar-refractivity contribution in [3.63, 3.8) is 0 Å². The number of ether oxygens (including phenoxy) is 1. The summed E-state index contributed by atoms with van der Waals surface area (Å²) in [4.78, 5) is 14.2. The molecule has 0 aromatic heterocycles. The first-order valence-electron chi connectivity index (χ1n) is 8.52. The molecule has 0 aliphatic carbocycles. The predicted molar refractivity (Wildman–Crippen MR) is 88.0 cm³/mol. The van der Waals surface area contributed by atoms with E-state index in [-0.39, 0.29) is 24.7 Å². The van der Waals surface area contributed by atoms with Crippen LogP contribution >= 0.6 is 0 Å². The van der Waals surface area contributed by atoms with Crippen LogP contribution in [-0.4, -0.2) is 53.9 Å². The van der Waals surface area contributed by atoms with E-state index >= 15 is 0 Å². The minimum Gasteiger partial charge on any atom is -0.390 e. The third-order valence-electron chi connectivity index (χ3n) is 4.71. The van der Waals surface area contributed by atoms with Crippen molar-refractivity contribution in [1.29, 1.82) is 0 Å². The molecule has 0 radical (unpaired) electrons. The van der Waals surface area contributed by atoms with Crippen molar-refractivity contribution in [1.82, 2.24) is 10.2 Å². The van der Waals surface area contributed by atoms with Crippen LogP contribution in [0.25, 0.3) is 0 Å². The first-order chi connectivity index (χ1) is 11.1. The summed E-state index contributed by atoms with van der Waals surface area (Å²) < 4.78 is 5.54. The predicted octanol–water partition coefficient (Wildman–Crippen LogP) is 1.09. The van der Waals surface area contributed by atoms with Gasteiger partial charge >= 0.3 is 0 Å². The Kier molecular flexibility index (Phi) is 5.30. The largest absolute Gasteiger partial charge is 0.390 e. The number of benzene rings is 1. The fourth-order valence-electron chi connectivity index (χ4n) is 3.40. The molecular formula is C18H26N2O3. The molecule has 0 bridgehead atoms. The molecule has 2 aliphatic rings. The van der Waals surface area contributed by atoms with Gasteiger partial charge in [-0.25, -0.2) is 0 Å². The Labute approximate surface area is 137 Å². The Morgan fingerprint density at radius 3 is 2.91 bits per heavy atom. The summed E-state index contributed by atoms with van der Waals surface area (Å²) in [5, 5.41) is 13.0. The van der Waals surface area contributed by atoms with Crippen LogP contribution in [0.4, 0.5) is 0 Å². The molecule has 2 aliphatic heterocycles. The number of aliphatic hydroxyl groups is 1. The number of carbonyl (C=O) groups is 1. The maximum absolute atomic E-state index is 12.0. The maximum atomic E-state index is 12.0. The van der Waals surface area contributed by atoms with E-state index in [9.17, 15) is 9.90 Å².